The minimum absolute atomic E-state index is 0.712. The SMILES string of the molecule is CC1C=CC=CC1C(C)CCC1CCC2C=CC=CC21. The van der Waals surface area contributed by atoms with Crippen molar-refractivity contribution in [3.63, 3.8) is 0 Å². The third kappa shape index (κ3) is 2.85. The fourth-order valence-electron chi connectivity index (χ4n) is 4.51. The Kier molecular flexibility index (Phi) is 4.29. The third-order valence-corrected chi connectivity index (χ3v) is 5.83. The molecule has 0 aromatic carbocycles. The Morgan fingerprint density at radius 3 is 2.55 bits per heavy atom. The maximum atomic E-state index is 2.47. The Labute approximate surface area is 124 Å². The van der Waals surface area contributed by atoms with Gasteiger partial charge in [0.25, 0.3) is 0 Å². The molecule has 0 aromatic heterocycles. The lowest BCUT2D eigenvalue weighted by atomic mass is 9.76. The molecule has 0 aliphatic heterocycles. The molecule has 1 saturated carbocycles. The Bertz CT molecular complexity index is 437. The fraction of sp³-hybridized carbons (Fsp3) is 0.600. The van der Waals surface area contributed by atoms with E-state index in [-0.39, 0.29) is 0 Å². The van der Waals surface area contributed by atoms with Crippen LogP contribution < -0.4 is 0 Å². The van der Waals surface area contributed by atoms with E-state index >= 15 is 0 Å². The zero-order valence-corrected chi connectivity index (χ0v) is 12.9. The number of allylic oxidation sites excluding steroid dienone is 8. The summed E-state index contributed by atoms with van der Waals surface area (Å²) in [6.07, 6.45) is 24.3. The lowest BCUT2D eigenvalue weighted by molar-refractivity contribution is 0.289. The molecule has 20 heavy (non-hydrogen) atoms. The highest BCUT2D eigenvalue weighted by Gasteiger charge is 2.34. The maximum absolute atomic E-state index is 2.47. The Hall–Kier alpha value is -1.04. The van der Waals surface area contributed by atoms with E-state index in [0.29, 0.717) is 5.92 Å². The molecule has 0 amide bonds. The molecular weight excluding hydrogens is 240 g/mol. The standard InChI is InChI=1S/C20H28/c1-15-7-3-5-9-19(15)16(2)11-12-18-14-13-17-8-4-6-10-20(17)18/h3-10,15-20H,11-14H2,1-2H3. The van der Waals surface area contributed by atoms with Gasteiger partial charge in [0.2, 0.25) is 0 Å². The minimum atomic E-state index is 0.712. The minimum Gasteiger partial charge on any atom is -0.0811 e. The molecule has 0 heterocycles. The van der Waals surface area contributed by atoms with Crippen molar-refractivity contribution in [2.45, 2.75) is 39.5 Å². The van der Waals surface area contributed by atoms with Crippen LogP contribution in [0.4, 0.5) is 0 Å². The Morgan fingerprint density at radius 1 is 0.950 bits per heavy atom. The first-order valence-corrected chi connectivity index (χ1v) is 8.45. The van der Waals surface area contributed by atoms with E-state index < -0.39 is 0 Å². The second-order valence-electron chi connectivity index (χ2n) is 7.11. The van der Waals surface area contributed by atoms with Gasteiger partial charge in [0.15, 0.2) is 0 Å². The van der Waals surface area contributed by atoms with Crippen molar-refractivity contribution >= 4 is 0 Å². The van der Waals surface area contributed by atoms with Gasteiger partial charge < -0.3 is 0 Å². The molecule has 0 aromatic rings. The van der Waals surface area contributed by atoms with E-state index in [4.69, 9.17) is 0 Å². The molecule has 6 unspecified atom stereocenters. The summed E-state index contributed by atoms with van der Waals surface area (Å²) in [5.74, 6) is 4.89. The van der Waals surface area contributed by atoms with Crippen LogP contribution in [0, 0.1) is 35.5 Å². The molecule has 1 fully saturated rings. The zero-order valence-electron chi connectivity index (χ0n) is 12.9. The van der Waals surface area contributed by atoms with E-state index in [1.54, 1.807) is 0 Å². The van der Waals surface area contributed by atoms with Gasteiger partial charge >= 0.3 is 0 Å². The lowest BCUT2D eigenvalue weighted by Gasteiger charge is -2.29. The van der Waals surface area contributed by atoms with Gasteiger partial charge in [-0.25, -0.2) is 0 Å². The van der Waals surface area contributed by atoms with Gasteiger partial charge in [-0.3, -0.25) is 0 Å². The van der Waals surface area contributed by atoms with E-state index in [0.717, 1.165) is 29.6 Å². The van der Waals surface area contributed by atoms with Crippen LogP contribution >= 0.6 is 0 Å². The van der Waals surface area contributed by atoms with Crippen LogP contribution in [-0.4, -0.2) is 0 Å². The van der Waals surface area contributed by atoms with Gasteiger partial charge in [-0.2, -0.15) is 0 Å². The van der Waals surface area contributed by atoms with Crippen molar-refractivity contribution in [2.75, 3.05) is 0 Å². The van der Waals surface area contributed by atoms with Crippen molar-refractivity contribution < 1.29 is 0 Å². The van der Waals surface area contributed by atoms with Crippen molar-refractivity contribution in [2.24, 2.45) is 35.5 Å². The summed E-state index contributed by atoms with van der Waals surface area (Å²) < 4.78 is 0. The molecule has 0 heteroatoms. The molecule has 3 aliphatic carbocycles. The molecule has 3 aliphatic rings. The summed E-state index contributed by atoms with van der Waals surface area (Å²) in [6, 6.07) is 0. The summed E-state index contributed by atoms with van der Waals surface area (Å²) in [6.45, 7) is 4.81. The first-order chi connectivity index (χ1) is 9.75. The highest BCUT2D eigenvalue weighted by molar-refractivity contribution is 5.17. The van der Waals surface area contributed by atoms with Crippen LogP contribution in [0.5, 0.6) is 0 Å². The van der Waals surface area contributed by atoms with Gasteiger partial charge in [-0.1, -0.05) is 62.5 Å². The molecule has 0 nitrogen and oxygen atoms in total. The highest BCUT2D eigenvalue weighted by atomic mass is 14.4. The summed E-state index contributed by atoms with van der Waals surface area (Å²) in [4.78, 5) is 0. The second kappa shape index (κ2) is 6.16. The van der Waals surface area contributed by atoms with Gasteiger partial charge in [0.05, 0.1) is 0 Å². The first kappa shape index (κ1) is 13.9. The second-order valence-corrected chi connectivity index (χ2v) is 7.11. The lowest BCUT2D eigenvalue weighted by Crippen LogP contribution is -2.20. The molecule has 0 N–H and O–H groups in total. The average molecular weight is 268 g/mol. The van der Waals surface area contributed by atoms with E-state index in [9.17, 15) is 0 Å². The topological polar surface area (TPSA) is 0 Å². The van der Waals surface area contributed by atoms with Crippen LogP contribution in [0.3, 0.4) is 0 Å². The van der Waals surface area contributed by atoms with Gasteiger partial charge in [-0.05, 0) is 61.2 Å². The zero-order chi connectivity index (χ0) is 13.9. The van der Waals surface area contributed by atoms with Crippen LogP contribution in [0.2, 0.25) is 0 Å². The first-order valence-electron chi connectivity index (χ1n) is 8.45. The molecule has 6 atom stereocenters. The summed E-state index contributed by atoms with van der Waals surface area (Å²) in [5.41, 5.74) is 0. The largest absolute Gasteiger partial charge is 0.0811 e. The number of hydrogen-bond donors (Lipinski definition) is 0. The third-order valence-electron chi connectivity index (χ3n) is 5.83. The smallest absolute Gasteiger partial charge is 0.0139 e. The van der Waals surface area contributed by atoms with Crippen LogP contribution in [-0.2, 0) is 0 Å². The van der Waals surface area contributed by atoms with E-state index in [2.05, 4.69) is 62.5 Å². The predicted molar refractivity (Wildman–Crippen MR) is 87.3 cm³/mol. The summed E-state index contributed by atoms with van der Waals surface area (Å²) in [5, 5.41) is 0. The normalized spacial score (nSPS) is 40.0. The quantitative estimate of drug-likeness (QED) is 0.627. The van der Waals surface area contributed by atoms with Crippen LogP contribution in [0.25, 0.3) is 0 Å². The van der Waals surface area contributed by atoms with Crippen LogP contribution in [0.1, 0.15) is 39.5 Å². The van der Waals surface area contributed by atoms with Gasteiger partial charge in [0, 0.05) is 0 Å². The molecule has 3 rings (SSSR count). The van der Waals surface area contributed by atoms with E-state index in [1.165, 1.54) is 25.7 Å². The Balaban J connectivity index is 1.52. The van der Waals surface area contributed by atoms with Crippen LogP contribution in [0.15, 0.2) is 48.6 Å². The van der Waals surface area contributed by atoms with Crippen molar-refractivity contribution in [3.05, 3.63) is 48.6 Å². The molecule has 108 valence electrons. The Morgan fingerprint density at radius 2 is 1.70 bits per heavy atom. The molecule has 0 radical (unpaired) electrons. The molecule has 0 saturated heterocycles. The maximum Gasteiger partial charge on any atom is -0.0139 e. The molecule has 0 spiro atoms. The number of fused-ring (bicyclic) bond motifs is 1. The molecular formula is C20H28. The summed E-state index contributed by atoms with van der Waals surface area (Å²) in [7, 11) is 0. The monoisotopic (exact) mass is 268 g/mol. The van der Waals surface area contributed by atoms with Crippen molar-refractivity contribution in [3.8, 4) is 0 Å². The average Bonchev–Trinajstić information content (AvgIpc) is 2.88. The van der Waals surface area contributed by atoms with Gasteiger partial charge in [-0.15, -0.1) is 0 Å². The highest BCUT2D eigenvalue weighted by Crippen LogP contribution is 2.43. The fourth-order valence-corrected chi connectivity index (χ4v) is 4.51. The molecule has 0 bridgehead atoms. The summed E-state index contributed by atoms with van der Waals surface area (Å²) >= 11 is 0. The van der Waals surface area contributed by atoms with E-state index in [1.807, 2.05) is 0 Å². The van der Waals surface area contributed by atoms with Crippen molar-refractivity contribution in [1.29, 1.82) is 0 Å². The predicted octanol–water partition coefficient (Wildman–Crippen LogP) is 5.55. The number of rotatable bonds is 4. The van der Waals surface area contributed by atoms with Crippen molar-refractivity contribution in [1.82, 2.24) is 0 Å². The van der Waals surface area contributed by atoms with Gasteiger partial charge in [0.1, 0.15) is 0 Å². The number of hydrogen-bond acceptors (Lipinski definition) is 0.